The van der Waals surface area contributed by atoms with Gasteiger partial charge in [0, 0.05) is 5.69 Å². The molecule has 0 aliphatic rings. The summed E-state index contributed by atoms with van der Waals surface area (Å²) in [5, 5.41) is 4.83. The SMILES string of the molecule is COC(=O)C(NC(=O)Nc1ccc(OC(F)(F)F)cc1)C(C)C. The number of methoxy groups -OCH3 is 1. The predicted molar refractivity (Wildman–Crippen MR) is 75.9 cm³/mol. The Hall–Kier alpha value is -2.45. The Bertz CT molecular complexity index is 544. The van der Waals surface area contributed by atoms with Crippen molar-refractivity contribution >= 4 is 17.7 Å². The van der Waals surface area contributed by atoms with Crippen LogP contribution in [0.3, 0.4) is 0 Å². The molecule has 0 aliphatic heterocycles. The third kappa shape index (κ3) is 6.45. The number of ether oxygens (including phenoxy) is 2. The van der Waals surface area contributed by atoms with Crippen molar-refractivity contribution < 1.29 is 32.2 Å². The Morgan fingerprint density at radius 3 is 2.13 bits per heavy atom. The summed E-state index contributed by atoms with van der Waals surface area (Å²) in [6.07, 6.45) is -4.78. The molecule has 2 N–H and O–H groups in total. The summed E-state index contributed by atoms with van der Waals surface area (Å²) >= 11 is 0. The number of halogens is 3. The second-order valence-electron chi connectivity index (χ2n) is 4.92. The molecule has 0 heterocycles. The second-order valence-corrected chi connectivity index (χ2v) is 4.92. The van der Waals surface area contributed by atoms with E-state index in [0.717, 1.165) is 12.1 Å². The lowest BCUT2D eigenvalue weighted by atomic mass is 10.1. The summed E-state index contributed by atoms with van der Waals surface area (Å²) in [6, 6.07) is 3.07. The lowest BCUT2D eigenvalue weighted by Gasteiger charge is -2.20. The van der Waals surface area contributed by atoms with E-state index in [9.17, 15) is 22.8 Å². The van der Waals surface area contributed by atoms with Crippen LogP contribution in [0, 0.1) is 5.92 Å². The third-order valence-electron chi connectivity index (χ3n) is 2.75. The Morgan fingerprint density at radius 2 is 1.70 bits per heavy atom. The topological polar surface area (TPSA) is 76.7 Å². The summed E-state index contributed by atoms with van der Waals surface area (Å²) in [6.45, 7) is 3.45. The standard InChI is InChI=1S/C14H17F3N2O4/c1-8(2)11(12(20)22-3)19-13(21)18-9-4-6-10(7-5-9)23-14(15,16)17/h4-8,11H,1-3H3,(H2,18,19,21). The first kappa shape index (κ1) is 18.6. The van der Waals surface area contributed by atoms with Crippen LogP contribution in [0.15, 0.2) is 24.3 Å². The maximum atomic E-state index is 12.0. The van der Waals surface area contributed by atoms with Gasteiger partial charge in [0.1, 0.15) is 11.8 Å². The number of benzene rings is 1. The summed E-state index contributed by atoms with van der Waals surface area (Å²) in [7, 11) is 1.21. The van der Waals surface area contributed by atoms with Gasteiger partial charge in [-0.05, 0) is 30.2 Å². The van der Waals surface area contributed by atoms with Crippen molar-refractivity contribution in [2.75, 3.05) is 12.4 Å². The number of hydrogen-bond acceptors (Lipinski definition) is 4. The molecule has 0 bridgehead atoms. The van der Waals surface area contributed by atoms with Gasteiger partial charge in [-0.3, -0.25) is 0 Å². The Labute approximate surface area is 130 Å². The maximum Gasteiger partial charge on any atom is 0.573 e. The van der Waals surface area contributed by atoms with E-state index in [4.69, 9.17) is 0 Å². The number of alkyl halides is 3. The number of urea groups is 1. The highest BCUT2D eigenvalue weighted by Gasteiger charge is 2.31. The van der Waals surface area contributed by atoms with Crippen molar-refractivity contribution in [3.63, 3.8) is 0 Å². The smallest absolute Gasteiger partial charge is 0.467 e. The molecule has 0 saturated carbocycles. The summed E-state index contributed by atoms with van der Waals surface area (Å²) in [4.78, 5) is 23.4. The van der Waals surface area contributed by atoms with Gasteiger partial charge in [0.05, 0.1) is 7.11 Å². The molecule has 9 heteroatoms. The molecule has 1 unspecified atom stereocenters. The number of rotatable bonds is 5. The molecule has 1 aromatic rings. The molecule has 128 valence electrons. The number of carbonyl (C=O) groups is 2. The zero-order chi connectivity index (χ0) is 17.6. The van der Waals surface area contributed by atoms with Crippen LogP contribution < -0.4 is 15.4 Å². The molecule has 0 aliphatic carbocycles. The van der Waals surface area contributed by atoms with Crippen LogP contribution in [0.2, 0.25) is 0 Å². The largest absolute Gasteiger partial charge is 0.573 e. The number of nitrogens with one attached hydrogen (secondary N) is 2. The predicted octanol–water partition coefficient (Wildman–Crippen LogP) is 2.90. The van der Waals surface area contributed by atoms with Crippen molar-refractivity contribution in [3.05, 3.63) is 24.3 Å². The van der Waals surface area contributed by atoms with E-state index < -0.39 is 30.2 Å². The molecule has 2 amide bonds. The van der Waals surface area contributed by atoms with Gasteiger partial charge in [-0.25, -0.2) is 9.59 Å². The van der Waals surface area contributed by atoms with Crippen LogP contribution in [0.1, 0.15) is 13.8 Å². The Morgan fingerprint density at radius 1 is 1.13 bits per heavy atom. The zero-order valence-corrected chi connectivity index (χ0v) is 12.7. The normalized spacial score (nSPS) is 12.5. The van der Waals surface area contributed by atoms with Gasteiger partial charge >= 0.3 is 18.4 Å². The van der Waals surface area contributed by atoms with Crippen LogP contribution in [0.5, 0.6) is 5.75 Å². The molecule has 23 heavy (non-hydrogen) atoms. The number of amides is 2. The van der Waals surface area contributed by atoms with Crippen LogP contribution in [0.25, 0.3) is 0 Å². The fourth-order valence-corrected chi connectivity index (χ4v) is 1.67. The van der Waals surface area contributed by atoms with E-state index in [1.165, 1.54) is 19.2 Å². The van der Waals surface area contributed by atoms with E-state index in [2.05, 4.69) is 20.1 Å². The molecule has 0 saturated heterocycles. The van der Waals surface area contributed by atoms with Gasteiger partial charge in [0.25, 0.3) is 0 Å². The molecule has 0 aromatic heterocycles. The summed E-state index contributed by atoms with van der Waals surface area (Å²) < 4.78 is 44.4. The second kappa shape index (κ2) is 7.70. The minimum atomic E-state index is -4.78. The number of anilines is 1. The highest BCUT2D eigenvalue weighted by molar-refractivity contribution is 5.92. The first-order valence-corrected chi connectivity index (χ1v) is 6.63. The molecular weight excluding hydrogens is 317 g/mol. The van der Waals surface area contributed by atoms with Crippen molar-refractivity contribution in [1.29, 1.82) is 0 Å². The van der Waals surface area contributed by atoms with E-state index in [0.29, 0.717) is 0 Å². The molecule has 1 atom stereocenters. The van der Waals surface area contributed by atoms with E-state index in [-0.39, 0.29) is 11.6 Å². The molecule has 1 aromatic carbocycles. The summed E-state index contributed by atoms with van der Waals surface area (Å²) in [5.74, 6) is -1.20. The average molecular weight is 334 g/mol. The first-order chi connectivity index (χ1) is 10.6. The average Bonchev–Trinajstić information content (AvgIpc) is 2.44. The molecular formula is C14H17F3N2O4. The van der Waals surface area contributed by atoms with Crippen LogP contribution in [-0.4, -0.2) is 31.5 Å². The number of carbonyl (C=O) groups excluding carboxylic acids is 2. The van der Waals surface area contributed by atoms with E-state index in [1.54, 1.807) is 13.8 Å². The maximum absolute atomic E-state index is 12.0. The quantitative estimate of drug-likeness (QED) is 0.812. The monoisotopic (exact) mass is 334 g/mol. The van der Waals surface area contributed by atoms with Gasteiger partial charge in [-0.1, -0.05) is 13.8 Å². The third-order valence-corrected chi connectivity index (χ3v) is 2.75. The van der Waals surface area contributed by atoms with Crippen molar-refractivity contribution in [2.24, 2.45) is 5.92 Å². The fourth-order valence-electron chi connectivity index (χ4n) is 1.67. The van der Waals surface area contributed by atoms with E-state index in [1.807, 2.05) is 0 Å². The van der Waals surface area contributed by atoms with E-state index >= 15 is 0 Å². The van der Waals surface area contributed by atoms with Gasteiger partial charge < -0.3 is 20.1 Å². The fraction of sp³-hybridized carbons (Fsp3) is 0.429. The minimum Gasteiger partial charge on any atom is -0.467 e. The van der Waals surface area contributed by atoms with Gasteiger partial charge in [0.15, 0.2) is 0 Å². The van der Waals surface area contributed by atoms with Gasteiger partial charge in [-0.2, -0.15) is 0 Å². The Kier molecular flexibility index (Phi) is 6.23. The molecule has 0 fully saturated rings. The molecule has 0 spiro atoms. The minimum absolute atomic E-state index is 0.198. The van der Waals surface area contributed by atoms with Crippen LogP contribution >= 0.6 is 0 Å². The summed E-state index contributed by atoms with van der Waals surface area (Å²) in [5.41, 5.74) is 0.240. The van der Waals surface area contributed by atoms with Gasteiger partial charge in [-0.15, -0.1) is 13.2 Å². The Balaban J connectivity index is 2.65. The first-order valence-electron chi connectivity index (χ1n) is 6.63. The molecule has 6 nitrogen and oxygen atoms in total. The lowest BCUT2D eigenvalue weighted by molar-refractivity contribution is -0.274. The zero-order valence-electron chi connectivity index (χ0n) is 12.7. The molecule has 0 radical (unpaired) electrons. The van der Waals surface area contributed by atoms with Crippen molar-refractivity contribution in [3.8, 4) is 5.75 Å². The number of hydrogen-bond donors (Lipinski definition) is 2. The highest BCUT2D eigenvalue weighted by atomic mass is 19.4. The lowest BCUT2D eigenvalue weighted by Crippen LogP contribution is -2.46. The van der Waals surface area contributed by atoms with Crippen molar-refractivity contribution in [2.45, 2.75) is 26.3 Å². The van der Waals surface area contributed by atoms with Crippen molar-refractivity contribution in [1.82, 2.24) is 5.32 Å². The molecule has 1 rings (SSSR count). The number of esters is 1. The highest BCUT2D eigenvalue weighted by Crippen LogP contribution is 2.23. The van der Waals surface area contributed by atoms with Gasteiger partial charge in [0.2, 0.25) is 0 Å². The van der Waals surface area contributed by atoms with Crippen LogP contribution in [-0.2, 0) is 9.53 Å². The van der Waals surface area contributed by atoms with Crippen LogP contribution in [0.4, 0.5) is 23.7 Å².